The normalized spacial score (nSPS) is 28.6. The standard InChI is InChI=1S/C34H40N2O9/c1-42-28-12-20(16-38)10-23-30-24(34(41)35-6-7-37)14-25(31(40)33(30)45-32(23)28)36(15-19-3-5-26-27(11-19)44-17-43-26)29(39)13-22-9-18-2-4-21(22)8-18/h3,5,10-12,14,18,21-22,25,30-31,33,37-38,40H,2,4,6-9,13,15-17H2,1H3,(H,35,41). The van der Waals surface area contributed by atoms with E-state index in [1.54, 1.807) is 23.1 Å². The molecule has 4 N–H and O–H groups in total. The van der Waals surface area contributed by atoms with Gasteiger partial charge in [0, 0.05) is 30.6 Å². The summed E-state index contributed by atoms with van der Waals surface area (Å²) in [5, 5.41) is 34.2. The Labute approximate surface area is 261 Å². The predicted octanol–water partition coefficient (Wildman–Crippen LogP) is 2.39. The molecule has 2 saturated carbocycles. The number of nitrogens with zero attached hydrogens (tertiary/aromatic N) is 1. The summed E-state index contributed by atoms with van der Waals surface area (Å²) in [7, 11) is 1.49. The summed E-state index contributed by atoms with van der Waals surface area (Å²) in [6.07, 6.45) is 4.57. The van der Waals surface area contributed by atoms with Crippen LogP contribution in [0.5, 0.6) is 23.0 Å². The second-order valence-corrected chi connectivity index (χ2v) is 12.9. The van der Waals surface area contributed by atoms with Crippen molar-refractivity contribution in [3.63, 3.8) is 0 Å². The Morgan fingerprint density at radius 1 is 1.07 bits per heavy atom. The molecule has 0 saturated heterocycles. The third-order valence-electron chi connectivity index (χ3n) is 10.3. The number of ether oxygens (including phenoxy) is 4. The van der Waals surface area contributed by atoms with E-state index in [0.717, 1.165) is 18.4 Å². The second-order valence-electron chi connectivity index (χ2n) is 12.9. The van der Waals surface area contributed by atoms with Crippen molar-refractivity contribution in [2.45, 2.75) is 69.4 Å². The first kappa shape index (κ1) is 29.9. The van der Waals surface area contributed by atoms with E-state index in [4.69, 9.17) is 18.9 Å². The highest BCUT2D eigenvalue weighted by Crippen LogP contribution is 2.52. The van der Waals surface area contributed by atoms with E-state index in [1.165, 1.54) is 20.0 Å². The minimum atomic E-state index is -1.18. The number of nitrogens with one attached hydrogen (secondary N) is 1. The van der Waals surface area contributed by atoms with Crippen molar-refractivity contribution in [3.8, 4) is 23.0 Å². The topological polar surface area (TPSA) is 147 Å². The lowest BCUT2D eigenvalue weighted by atomic mass is 9.77. The number of aliphatic hydroxyl groups is 3. The number of amides is 2. The first-order valence-electron chi connectivity index (χ1n) is 15.8. The van der Waals surface area contributed by atoms with Crippen LogP contribution in [0.3, 0.4) is 0 Å². The van der Waals surface area contributed by atoms with Crippen LogP contribution < -0.4 is 24.3 Å². The number of benzene rings is 2. The van der Waals surface area contributed by atoms with Crippen LogP contribution in [0.2, 0.25) is 0 Å². The predicted molar refractivity (Wildman–Crippen MR) is 161 cm³/mol. The van der Waals surface area contributed by atoms with Gasteiger partial charge in [-0.25, -0.2) is 0 Å². The van der Waals surface area contributed by atoms with Crippen molar-refractivity contribution in [2.24, 2.45) is 17.8 Å². The number of hydrogen-bond acceptors (Lipinski definition) is 9. The summed E-state index contributed by atoms with van der Waals surface area (Å²) in [4.78, 5) is 29.7. The fourth-order valence-corrected chi connectivity index (χ4v) is 8.18. The van der Waals surface area contributed by atoms with E-state index in [9.17, 15) is 24.9 Å². The molecule has 2 aromatic rings. The molecule has 7 rings (SSSR count). The molecule has 0 aromatic heterocycles. The highest BCUT2D eigenvalue weighted by Gasteiger charge is 2.52. The highest BCUT2D eigenvalue weighted by atomic mass is 16.7. The molecule has 2 aliphatic heterocycles. The van der Waals surface area contributed by atoms with Gasteiger partial charge in [0.2, 0.25) is 18.6 Å². The molecule has 2 aromatic carbocycles. The van der Waals surface area contributed by atoms with E-state index >= 15 is 0 Å². The molecule has 45 heavy (non-hydrogen) atoms. The summed E-state index contributed by atoms with van der Waals surface area (Å²) in [5.74, 6) is 2.33. The van der Waals surface area contributed by atoms with Crippen LogP contribution in [0.25, 0.3) is 0 Å². The SMILES string of the molecule is COc1cc(CO)cc2c1OC1C2C(C(=O)NCCO)=CC(N(Cc2ccc3c(c2)OCO3)C(=O)CC2CC3CCC2C3)C1O. The molecule has 2 fully saturated rings. The molecule has 2 heterocycles. The summed E-state index contributed by atoms with van der Waals surface area (Å²) in [5.41, 5.74) is 2.32. The Balaban J connectivity index is 1.27. The van der Waals surface area contributed by atoms with Crippen molar-refractivity contribution in [2.75, 3.05) is 27.1 Å². The number of methoxy groups -OCH3 is 1. The fourth-order valence-electron chi connectivity index (χ4n) is 8.18. The number of carbonyl (C=O) groups excluding carboxylic acids is 2. The van der Waals surface area contributed by atoms with Crippen molar-refractivity contribution < 1.29 is 43.9 Å². The molecule has 240 valence electrons. The summed E-state index contributed by atoms with van der Waals surface area (Å²) in [6.45, 7) is -0.138. The Hall–Kier alpha value is -3.80. The number of hydrogen-bond donors (Lipinski definition) is 4. The van der Waals surface area contributed by atoms with Gasteiger partial charge in [0.15, 0.2) is 23.0 Å². The molecular formula is C34H40N2O9. The van der Waals surface area contributed by atoms with Crippen LogP contribution in [0.1, 0.15) is 54.7 Å². The molecule has 2 bridgehead atoms. The zero-order valence-electron chi connectivity index (χ0n) is 25.3. The van der Waals surface area contributed by atoms with Gasteiger partial charge in [-0.1, -0.05) is 12.5 Å². The maximum Gasteiger partial charge on any atom is 0.247 e. The van der Waals surface area contributed by atoms with Crippen LogP contribution >= 0.6 is 0 Å². The quantitative estimate of drug-likeness (QED) is 0.314. The highest BCUT2D eigenvalue weighted by molar-refractivity contribution is 5.96. The average Bonchev–Trinajstić information content (AvgIpc) is 3.86. The Kier molecular flexibility index (Phi) is 8.09. The fraction of sp³-hybridized carbons (Fsp3) is 0.529. The molecule has 0 radical (unpaired) electrons. The van der Waals surface area contributed by atoms with Gasteiger partial charge in [0.25, 0.3) is 0 Å². The Morgan fingerprint density at radius 2 is 1.91 bits per heavy atom. The van der Waals surface area contributed by atoms with E-state index in [0.29, 0.717) is 63.9 Å². The number of rotatable bonds is 10. The molecule has 11 heteroatoms. The number of fused-ring (bicyclic) bond motifs is 6. The number of carbonyl (C=O) groups is 2. The third-order valence-corrected chi connectivity index (χ3v) is 10.3. The van der Waals surface area contributed by atoms with Gasteiger partial charge in [-0.3, -0.25) is 9.59 Å². The van der Waals surface area contributed by atoms with E-state index in [1.807, 2.05) is 18.2 Å². The Bertz CT molecular complexity index is 1510. The lowest BCUT2D eigenvalue weighted by Crippen LogP contribution is -2.55. The average molecular weight is 621 g/mol. The van der Waals surface area contributed by atoms with Gasteiger partial charge in [0.1, 0.15) is 12.2 Å². The van der Waals surface area contributed by atoms with Crippen LogP contribution in [-0.2, 0) is 22.7 Å². The zero-order valence-corrected chi connectivity index (χ0v) is 25.3. The zero-order chi connectivity index (χ0) is 31.2. The molecule has 3 aliphatic carbocycles. The first-order chi connectivity index (χ1) is 21.9. The molecule has 5 aliphatic rings. The smallest absolute Gasteiger partial charge is 0.247 e. The second kappa shape index (κ2) is 12.2. The largest absolute Gasteiger partial charge is 0.493 e. The molecule has 2 amide bonds. The van der Waals surface area contributed by atoms with E-state index in [-0.39, 0.29) is 39.0 Å². The van der Waals surface area contributed by atoms with Crippen molar-refractivity contribution in [1.29, 1.82) is 0 Å². The maximum atomic E-state index is 14.3. The monoisotopic (exact) mass is 620 g/mol. The lowest BCUT2D eigenvalue weighted by molar-refractivity contribution is -0.139. The van der Waals surface area contributed by atoms with E-state index < -0.39 is 30.1 Å². The molecule has 11 nitrogen and oxygen atoms in total. The summed E-state index contributed by atoms with van der Waals surface area (Å²) < 4.78 is 23.0. The summed E-state index contributed by atoms with van der Waals surface area (Å²) >= 11 is 0. The van der Waals surface area contributed by atoms with Gasteiger partial charge >= 0.3 is 0 Å². The van der Waals surface area contributed by atoms with Gasteiger partial charge in [0.05, 0.1) is 32.3 Å². The van der Waals surface area contributed by atoms with Crippen molar-refractivity contribution in [1.82, 2.24) is 10.2 Å². The van der Waals surface area contributed by atoms with Gasteiger partial charge in [-0.15, -0.1) is 0 Å². The van der Waals surface area contributed by atoms with Crippen LogP contribution in [0.4, 0.5) is 0 Å². The molecule has 0 spiro atoms. The van der Waals surface area contributed by atoms with Gasteiger partial charge in [-0.2, -0.15) is 0 Å². The maximum absolute atomic E-state index is 14.3. The van der Waals surface area contributed by atoms with Gasteiger partial charge < -0.3 is 44.5 Å². The first-order valence-corrected chi connectivity index (χ1v) is 15.8. The van der Waals surface area contributed by atoms with Gasteiger partial charge in [-0.05, 0) is 78.5 Å². The van der Waals surface area contributed by atoms with Crippen molar-refractivity contribution in [3.05, 3.63) is 58.7 Å². The van der Waals surface area contributed by atoms with Crippen molar-refractivity contribution >= 4 is 11.8 Å². The van der Waals surface area contributed by atoms with Crippen LogP contribution in [0.15, 0.2) is 42.0 Å². The van der Waals surface area contributed by atoms with Crippen LogP contribution in [-0.4, -0.2) is 77.3 Å². The lowest BCUT2D eigenvalue weighted by Gasteiger charge is -2.41. The minimum absolute atomic E-state index is 0.0402. The summed E-state index contributed by atoms with van der Waals surface area (Å²) in [6, 6.07) is 8.09. The third kappa shape index (κ3) is 5.40. The molecule has 7 unspecified atom stereocenters. The number of aliphatic hydroxyl groups excluding tert-OH is 3. The molecular weight excluding hydrogens is 580 g/mol. The Morgan fingerprint density at radius 3 is 2.64 bits per heavy atom. The van der Waals surface area contributed by atoms with Crippen LogP contribution in [0, 0.1) is 17.8 Å². The van der Waals surface area contributed by atoms with E-state index in [2.05, 4.69) is 5.32 Å². The minimum Gasteiger partial charge on any atom is -0.493 e. The molecule has 7 atom stereocenters.